The molecule has 0 saturated carbocycles. The minimum absolute atomic E-state index is 0.181. The van der Waals surface area contributed by atoms with Gasteiger partial charge in [-0.2, -0.15) is 13.2 Å². The molecule has 3 atom stereocenters. The van der Waals surface area contributed by atoms with Crippen molar-refractivity contribution in [3.05, 3.63) is 83.4 Å². The number of alkyl halides is 3. The van der Waals surface area contributed by atoms with E-state index in [1.54, 1.807) is 6.07 Å². The Morgan fingerprint density at radius 2 is 1.89 bits per heavy atom. The number of halogens is 3. The van der Waals surface area contributed by atoms with Crippen LogP contribution in [-0.2, 0) is 22.2 Å². The van der Waals surface area contributed by atoms with Gasteiger partial charge in [-0.15, -0.1) is 0 Å². The Bertz CT molecular complexity index is 883. The van der Waals surface area contributed by atoms with Crippen LogP contribution in [0.1, 0.15) is 22.7 Å². The summed E-state index contributed by atoms with van der Waals surface area (Å²) >= 11 is 0. The third kappa shape index (κ3) is 3.81. The smallest absolute Gasteiger partial charge is 0.272 e. The van der Waals surface area contributed by atoms with E-state index in [1.165, 1.54) is 11.1 Å². The van der Waals surface area contributed by atoms with Crippen molar-refractivity contribution >= 4 is 5.91 Å². The number of fused-ring (bicyclic) bond motifs is 2. The van der Waals surface area contributed by atoms with Gasteiger partial charge in [0.1, 0.15) is 12.8 Å². The SMILES string of the molecule is O=C(Cc1ccccc1)N1CN2CC=CC(O1)C2c1cccc(C(F)(F)F)c1. The molecule has 2 bridgehead atoms. The number of benzene rings is 2. The third-order valence-corrected chi connectivity index (χ3v) is 4.96. The van der Waals surface area contributed by atoms with Gasteiger partial charge in [0.2, 0.25) is 0 Å². The zero-order valence-electron chi connectivity index (χ0n) is 15.0. The lowest BCUT2D eigenvalue weighted by atomic mass is 9.94. The van der Waals surface area contributed by atoms with Crippen LogP contribution in [0.4, 0.5) is 13.2 Å². The molecular formula is C21H19F3N2O2. The second kappa shape index (κ2) is 7.41. The summed E-state index contributed by atoms with van der Waals surface area (Å²) in [6.07, 6.45) is -0.995. The monoisotopic (exact) mass is 388 g/mol. The Kier molecular flexibility index (Phi) is 4.95. The van der Waals surface area contributed by atoms with Gasteiger partial charge in [0.15, 0.2) is 0 Å². The molecule has 0 aliphatic carbocycles. The molecule has 2 aliphatic heterocycles. The molecule has 0 radical (unpaired) electrons. The summed E-state index contributed by atoms with van der Waals surface area (Å²) < 4.78 is 39.3. The number of nitrogens with zero attached hydrogens (tertiary/aromatic N) is 2. The molecule has 2 heterocycles. The largest absolute Gasteiger partial charge is 0.416 e. The van der Waals surface area contributed by atoms with Crippen molar-refractivity contribution in [1.29, 1.82) is 0 Å². The van der Waals surface area contributed by atoms with Gasteiger partial charge < -0.3 is 0 Å². The lowest BCUT2D eigenvalue weighted by Gasteiger charge is -2.46. The molecule has 7 heteroatoms. The summed E-state index contributed by atoms with van der Waals surface area (Å²) in [5, 5.41) is 1.31. The van der Waals surface area contributed by atoms with Crippen molar-refractivity contribution in [2.75, 3.05) is 13.2 Å². The molecule has 3 unspecified atom stereocenters. The van der Waals surface area contributed by atoms with Crippen LogP contribution in [0.15, 0.2) is 66.7 Å². The van der Waals surface area contributed by atoms with E-state index >= 15 is 0 Å². The predicted octanol–water partition coefficient (Wildman–Crippen LogP) is 3.96. The second-order valence-corrected chi connectivity index (χ2v) is 6.91. The van der Waals surface area contributed by atoms with Crippen LogP contribution in [0.5, 0.6) is 0 Å². The first kappa shape index (κ1) is 18.7. The molecule has 0 spiro atoms. The van der Waals surface area contributed by atoms with Crippen molar-refractivity contribution < 1.29 is 22.8 Å². The van der Waals surface area contributed by atoms with Crippen molar-refractivity contribution in [2.45, 2.75) is 24.7 Å². The van der Waals surface area contributed by atoms with Gasteiger partial charge >= 0.3 is 6.18 Å². The van der Waals surface area contributed by atoms with Gasteiger partial charge in [-0.25, -0.2) is 5.06 Å². The van der Waals surface area contributed by atoms with Crippen LogP contribution in [0, 0.1) is 0 Å². The highest BCUT2D eigenvalue weighted by Crippen LogP contribution is 2.37. The molecule has 0 aromatic heterocycles. The molecule has 4 nitrogen and oxygen atoms in total. The molecule has 1 fully saturated rings. The van der Waals surface area contributed by atoms with Crippen LogP contribution >= 0.6 is 0 Å². The number of amides is 1. The average Bonchev–Trinajstić information content (AvgIpc) is 2.67. The lowest BCUT2D eigenvalue weighted by Crippen LogP contribution is -2.55. The predicted molar refractivity (Wildman–Crippen MR) is 96.8 cm³/mol. The summed E-state index contributed by atoms with van der Waals surface area (Å²) in [5.41, 5.74) is 0.724. The molecule has 4 rings (SSSR count). The van der Waals surface area contributed by atoms with Gasteiger partial charge in [0.05, 0.1) is 18.0 Å². The zero-order chi connectivity index (χ0) is 19.7. The summed E-state index contributed by atoms with van der Waals surface area (Å²) in [4.78, 5) is 20.4. The van der Waals surface area contributed by atoms with E-state index in [1.807, 2.05) is 47.4 Å². The second-order valence-electron chi connectivity index (χ2n) is 6.91. The molecule has 2 aromatic rings. The number of carbonyl (C=O) groups excluding carboxylic acids is 1. The molecular weight excluding hydrogens is 369 g/mol. The lowest BCUT2D eigenvalue weighted by molar-refractivity contribution is -0.254. The third-order valence-electron chi connectivity index (χ3n) is 4.96. The van der Waals surface area contributed by atoms with Gasteiger partial charge in [-0.05, 0) is 23.3 Å². The van der Waals surface area contributed by atoms with Gasteiger partial charge in [0, 0.05) is 6.54 Å². The van der Waals surface area contributed by atoms with E-state index in [0.717, 1.165) is 17.7 Å². The summed E-state index contributed by atoms with van der Waals surface area (Å²) in [7, 11) is 0. The highest BCUT2D eigenvalue weighted by molar-refractivity contribution is 5.77. The van der Waals surface area contributed by atoms with Crippen molar-refractivity contribution in [1.82, 2.24) is 9.96 Å². The Hall–Kier alpha value is -2.64. The van der Waals surface area contributed by atoms with Gasteiger partial charge in [-0.3, -0.25) is 14.5 Å². The van der Waals surface area contributed by atoms with E-state index in [9.17, 15) is 18.0 Å². The summed E-state index contributed by atoms with van der Waals surface area (Å²) in [5.74, 6) is -0.181. The Labute approximate surface area is 160 Å². The summed E-state index contributed by atoms with van der Waals surface area (Å²) in [6, 6.07) is 14.3. The van der Waals surface area contributed by atoms with Crippen LogP contribution in [0.3, 0.4) is 0 Å². The van der Waals surface area contributed by atoms with Crippen LogP contribution in [-0.4, -0.2) is 35.2 Å². The first-order valence-electron chi connectivity index (χ1n) is 9.01. The van der Waals surface area contributed by atoms with E-state index < -0.39 is 17.8 Å². The first-order chi connectivity index (χ1) is 13.4. The fourth-order valence-electron chi connectivity index (χ4n) is 3.64. The van der Waals surface area contributed by atoms with E-state index in [0.29, 0.717) is 12.1 Å². The van der Waals surface area contributed by atoms with Crippen molar-refractivity contribution in [3.8, 4) is 0 Å². The summed E-state index contributed by atoms with van der Waals surface area (Å²) in [6.45, 7) is 0.739. The average molecular weight is 388 g/mol. The number of rotatable bonds is 3. The van der Waals surface area contributed by atoms with Crippen LogP contribution < -0.4 is 0 Å². The highest BCUT2D eigenvalue weighted by atomic mass is 19.4. The van der Waals surface area contributed by atoms with Crippen molar-refractivity contribution in [2.24, 2.45) is 0 Å². The molecule has 1 amide bonds. The molecule has 28 heavy (non-hydrogen) atoms. The Morgan fingerprint density at radius 3 is 2.61 bits per heavy atom. The fourth-order valence-corrected chi connectivity index (χ4v) is 3.64. The van der Waals surface area contributed by atoms with Gasteiger partial charge in [0.25, 0.3) is 5.91 Å². The number of hydrogen-bond donors (Lipinski definition) is 0. The van der Waals surface area contributed by atoms with Crippen LogP contribution in [0.2, 0.25) is 0 Å². The Balaban J connectivity index is 1.53. The molecule has 146 valence electrons. The van der Waals surface area contributed by atoms with Gasteiger partial charge in [-0.1, -0.05) is 54.6 Å². The molecule has 1 saturated heterocycles. The molecule has 0 N–H and O–H groups in total. The minimum Gasteiger partial charge on any atom is -0.272 e. The maximum atomic E-state index is 13.1. The quantitative estimate of drug-likeness (QED) is 0.747. The minimum atomic E-state index is -4.40. The first-order valence-corrected chi connectivity index (χ1v) is 9.01. The molecule has 2 aliphatic rings. The van der Waals surface area contributed by atoms with E-state index in [-0.39, 0.29) is 25.0 Å². The maximum absolute atomic E-state index is 13.1. The molecule has 2 aromatic carbocycles. The van der Waals surface area contributed by atoms with E-state index in [4.69, 9.17) is 4.84 Å². The standard InChI is InChI=1S/C21H19F3N2O2/c22-21(23,24)17-9-4-8-16(13-17)20-18-10-5-11-25(20)14-26(28-18)19(27)12-15-6-2-1-3-7-15/h1-10,13,18,20H,11-12,14H2. The normalized spacial score (nSPS) is 24.2. The van der Waals surface area contributed by atoms with Crippen LogP contribution in [0.25, 0.3) is 0 Å². The maximum Gasteiger partial charge on any atom is 0.416 e. The highest BCUT2D eigenvalue weighted by Gasteiger charge is 2.40. The Morgan fingerprint density at radius 1 is 1.11 bits per heavy atom. The number of hydroxylamine groups is 2. The van der Waals surface area contributed by atoms with Crippen molar-refractivity contribution in [3.63, 3.8) is 0 Å². The number of carbonyl (C=O) groups is 1. The topological polar surface area (TPSA) is 32.8 Å². The zero-order valence-corrected chi connectivity index (χ0v) is 15.0. The fraction of sp³-hybridized carbons (Fsp3) is 0.286. The number of hydrogen-bond acceptors (Lipinski definition) is 3. The van der Waals surface area contributed by atoms with E-state index in [2.05, 4.69) is 0 Å².